The van der Waals surface area contributed by atoms with Crippen LogP contribution in [0.25, 0.3) is 11.0 Å². The summed E-state index contributed by atoms with van der Waals surface area (Å²) in [4.78, 5) is 18.7. The molecule has 3 heterocycles. The van der Waals surface area contributed by atoms with Crippen molar-refractivity contribution >= 4 is 22.4 Å². The van der Waals surface area contributed by atoms with Gasteiger partial charge in [0.25, 0.3) is 5.56 Å². The van der Waals surface area contributed by atoms with Crippen LogP contribution in [0.1, 0.15) is 11.1 Å². The summed E-state index contributed by atoms with van der Waals surface area (Å²) in [6.07, 6.45) is 5.16. The van der Waals surface area contributed by atoms with Gasteiger partial charge in [-0.1, -0.05) is 0 Å². The minimum atomic E-state index is -0.138. The van der Waals surface area contributed by atoms with Crippen LogP contribution in [0.4, 0.5) is 11.4 Å². The predicted octanol–water partition coefficient (Wildman–Crippen LogP) is 2.01. The molecule has 0 spiro atoms. The Kier molecular flexibility index (Phi) is 2.56. The van der Waals surface area contributed by atoms with Crippen molar-refractivity contribution in [3.8, 4) is 0 Å². The van der Waals surface area contributed by atoms with Crippen LogP contribution in [0, 0.1) is 13.8 Å². The lowest BCUT2D eigenvalue weighted by molar-refractivity contribution is 1.09. The smallest absolute Gasteiger partial charge is 0.254 e. The van der Waals surface area contributed by atoms with E-state index in [1.807, 2.05) is 13.0 Å². The lowest BCUT2D eigenvalue weighted by atomic mass is 10.1. The highest BCUT2D eigenvalue weighted by molar-refractivity contribution is 5.92. The van der Waals surface area contributed by atoms with Crippen LogP contribution in [0.5, 0.6) is 0 Å². The van der Waals surface area contributed by atoms with Gasteiger partial charge in [0, 0.05) is 11.8 Å². The third-order valence-corrected chi connectivity index (χ3v) is 3.16. The minimum absolute atomic E-state index is 0.138. The number of nitrogens with zero attached hydrogens (tertiary/aromatic N) is 2. The van der Waals surface area contributed by atoms with Crippen LogP contribution in [-0.2, 0) is 0 Å². The SMILES string of the molecule is Cc1ccncc1Nc1c(C)c(=O)[nH]c2[nH]ncc12. The Morgan fingerprint density at radius 3 is 2.89 bits per heavy atom. The lowest BCUT2D eigenvalue weighted by Gasteiger charge is -2.11. The molecule has 0 unspecified atom stereocenters. The van der Waals surface area contributed by atoms with E-state index in [-0.39, 0.29) is 5.56 Å². The highest BCUT2D eigenvalue weighted by atomic mass is 16.1. The van der Waals surface area contributed by atoms with E-state index in [0.29, 0.717) is 11.2 Å². The topological polar surface area (TPSA) is 86.5 Å². The Labute approximate surface area is 108 Å². The molecular formula is C13H13N5O. The average molecular weight is 255 g/mol. The summed E-state index contributed by atoms with van der Waals surface area (Å²) in [5, 5.41) is 10.8. The van der Waals surface area contributed by atoms with E-state index in [9.17, 15) is 4.79 Å². The molecule has 0 amide bonds. The Bertz CT molecular complexity index is 802. The number of pyridine rings is 2. The second-order valence-corrected chi connectivity index (χ2v) is 4.43. The zero-order valence-corrected chi connectivity index (χ0v) is 10.6. The summed E-state index contributed by atoms with van der Waals surface area (Å²) in [5.74, 6) is 0. The predicted molar refractivity (Wildman–Crippen MR) is 73.7 cm³/mol. The van der Waals surface area contributed by atoms with Gasteiger partial charge in [-0.25, -0.2) is 0 Å². The molecule has 3 rings (SSSR count). The zero-order chi connectivity index (χ0) is 13.4. The molecule has 19 heavy (non-hydrogen) atoms. The van der Waals surface area contributed by atoms with E-state index in [0.717, 1.165) is 22.3 Å². The van der Waals surface area contributed by atoms with E-state index >= 15 is 0 Å². The maximum atomic E-state index is 11.9. The maximum absolute atomic E-state index is 11.9. The van der Waals surface area contributed by atoms with Crippen LogP contribution in [0.15, 0.2) is 29.5 Å². The van der Waals surface area contributed by atoms with Crippen molar-refractivity contribution in [1.82, 2.24) is 20.2 Å². The Morgan fingerprint density at radius 1 is 1.26 bits per heavy atom. The first-order valence-electron chi connectivity index (χ1n) is 5.90. The van der Waals surface area contributed by atoms with Gasteiger partial charge in [0.15, 0.2) is 0 Å². The number of aromatic amines is 2. The quantitative estimate of drug-likeness (QED) is 0.653. The zero-order valence-electron chi connectivity index (χ0n) is 10.6. The van der Waals surface area contributed by atoms with Crippen molar-refractivity contribution in [2.24, 2.45) is 0 Å². The molecule has 0 bridgehead atoms. The molecule has 0 saturated carbocycles. The molecule has 0 fully saturated rings. The number of aromatic nitrogens is 4. The van der Waals surface area contributed by atoms with Gasteiger partial charge in [-0.2, -0.15) is 5.10 Å². The molecule has 0 aliphatic rings. The summed E-state index contributed by atoms with van der Waals surface area (Å²) in [6.45, 7) is 3.76. The van der Waals surface area contributed by atoms with Gasteiger partial charge < -0.3 is 10.3 Å². The van der Waals surface area contributed by atoms with Crippen LogP contribution in [-0.4, -0.2) is 20.2 Å². The Hall–Kier alpha value is -2.63. The highest BCUT2D eigenvalue weighted by Crippen LogP contribution is 2.26. The first kappa shape index (κ1) is 11.5. The van der Waals surface area contributed by atoms with E-state index in [1.54, 1.807) is 25.5 Å². The van der Waals surface area contributed by atoms with Crippen LogP contribution in [0.3, 0.4) is 0 Å². The van der Waals surface area contributed by atoms with Gasteiger partial charge in [0.1, 0.15) is 5.65 Å². The summed E-state index contributed by atoms with van der Waals surface area (Å²) in [5.41, 5.74) is 3.78. The van der Waals surface area contributed by atoms with Gasteiger partial charge in [0.2, 0.25) is 0 Å². The van der Waals surface area contributed by atoms with Crippen molar-refractivity contribution in [2.75, 3.05) is 5.32 Å². The van der Waals surface area contributed by atoms with Gasteiger partial charge in [-0.05, 0) is 25.5 Å². The molecule has 0 aromatic carbocycles. The van der Waals surface area contributed by atoms with Gasteiger partial charge in [-0.15, -0.1) is 0 Å². The molecule has 0 saturated heterocycles. The summed E-state index contributed by atoms with van der Waals surface area (Å²) < 4.78 is 0. The number of anilines is 2. The molecule has 3 aromatic rings. The number of H-pyrrole nitrogens is 2. The van der Waals surface area contributed by atoms with Gasteiger partial charge >= 0.3 is 0 Å². The fourth-order valence-electron chi connectivity index (χ4n) is 1.98. The van der Waals surface area contributed by atoms with E-state index in [2.05, 4.69) is 25.5 Å². The van der Waals surface area contributed by atoms with Crippen LogP contribution < -0.4 is 10.9 Å². The fourth-order valence-corrected chi connectivity index (χ4v) is 1.98. The molecule has 96 valence electrons. The largest absolute Gasteiger partial charge is 0.353 e. The maximum Gasteiger partial charge on any atom is 0.254 e. The molecule has 6 nitrogen and oxygen atoms in total. The van der Waals surface area contributed by atoms with Crippen LogP contribution >= 0.6 is 0 Å². The monoisotopic (exact) mass is 255 g/mol. The lowest BCUT2D eigenvalue weighted by Crippen LogP contribution is -2.12. The van der Waals surface area contributed by atoms with Crippen molar-refractivity contribution in [2.45, 2.75) is 13.8 Å². The number of nitrogens with one attached hydrogen (secondary N) is 3. The second-order valence-electron chi connectivity index (χ2n) is 4.43. The Balaban J connectivity index is 2.20. The summed E-state index contributed by atoms with van der Waals surface area (Å²) in [7, 11) is 0. The number of aryl methyl sites for hydroxylation is 1. The number of hydrogen-bond donors (Lipinski definition) is 3. The second kappa shape index (κ2) is 4.24. The molecule has 6 heteroatoms. The normalized spacial score (nSPS) is 10.8. The van der Waals surface area contributed by atoms with E-state index in [1.165, 1.54) is 0 Å². The Morgan fingerprint density at radius 2 is 2.11 bits per heavy atom. The summed E-state index contributed by atoms with van der Waals surface area (Å²) >= 11 is 0. The third-order valence-electron chi connectivity index (χ3n) is 3.16. The summed E-state index contributed by atoms with van der Waals surface area (Å²) in [6, 6.07) is 1.91. The highest BCUT2D eigenvalue weighted by Gasteiger charge is 2.11. The van der Waals surface area contributed by atoms with Crippen molar-refractivity contribution in [3.05, 3.63) is 46.1 Å². The third kappa shape index (κ3) is 1.87. The number of fused-ring (bicyclic) bond motifs is 1. The van der Waals surface area contributed by atoms with E-state index < -0.39 is 0 Å². The van der Waals surface area contributed by atoms with Crippen molar-refractivity contribution in [1.29, 1.82) is 0 Å². The average Bonchev–Trinajstić information content (AvgIpc) is 2.85. The standard InChI is InChI=1S/C13H13N5O/c1-7-3-4-14-6-10(7)16-11-8(2)13(19)17-12-9(11)5-15-18-12/h3-6H,1-2H3,(H3,15,16,17,18,19). The molecule has 0 radical (unpaired) electrons. The van der Waals surface area contributed by atoms with Crippen molar-refractivity contribution in [3.63, 3.8) is 0 Å². The first-order chi connectivity index (χ1) is 9.16. The molecular weight excluding hydrogens is 242 g/mol. The number of hydrogen-bond acceptors (Lipinski definition) is 4. The minimum Gasteiger partial charge on any atom is -0.353 e. The molecule has 0 aliphatic heterocycles. The molecule has 0 atom stereocenters. The first-order valence-corrected chi connectivity index (χ1v) is 5.90. The molecule has 0 aliphatic carbocycles. The fraction of sp³-hybridized carbons (Fsp3) is 0.154. The van der Waals surface area contributed by atoms with Crippen LogP contribution in [0.2, 0.25) is 0 Å². The molecule has 3 aromatic heterocycles. The van der Waals surface area contributed by atoms with Crippen molar-refractivity contribution < 1.29 is 0 Å². The number of rotatable bonds is 2. The van der Waals surface area contributed by atoms with Gasteiger partial charge in [-0.3, -0.25) is 14.9 Å². The molecule has 3 N–H and O–H groups in total. The van der Waals surface area contributed by atoms with E-state index in [4.69, 9.17) is 0 Å². The van der Waals surface area contributed by atoms with Gasteiger partial charge in [0.05, 0.1) is 29.2 Å².